The van der Waals surface area contributed by atoms with E-state index in [1.54, 1.807) is 23.2 Å². The van der Waals surface area contributed by atoms with Crippen LogP contribution in [0.3, 0.4) is 0 Å². The maximum atomic E-state index is 16.0. The Labute approximate surface area is 418 Å². The van der Waals surface area contributed by atoms with E-state index in [-0.39, 0.29) is 66.7 Å². The Morgan fingerprint density at radius 1 is 0.944 bits per heavy atom. The third-order valence-electron chi connectivity index (χ3n) is 15.5. The minimum atomic E-state index is -4.75. The summed E-state index contributed by atoms with van der Waals surface area (Å²) in [4.78, 5) is 58.2. The fourth-order valence-electron chi connectivity index (χ4n) is 11.4. The van der Waals surface area contributed by atoms with Gasteiger partial charge < -0.3 is 29.0 Å². The van der Waals surface area contributed by atoms with Gasteiger partial charge in [-0.2, -0.15) is 0 Å². The number of carbonyl (C=O) groups is 2. The third kappa shape index (κ3) is 10.5. The first kappa shape index (κ1) is 49.4. The number of nitrogens with zero attached hydrogens (tertiary/aromatic N) is 7. The van der Waals surface area contributed by atoms with Crippen LogP contribution < -0.4 is 19.1 Å². The molecule has 1 aliphatic carbocycles. The predicted molar refractivity (Wildman–Crippen MR) is 267 cm³/mol. The number of carbonyl (C=O) groups excluding carboxylic acids is 2. The highest BCUT2D eigenvalue weighted by molar-refractivity contribution is 7.90. The first-order valence-corrected chi connectivity index (χ1v) is 26.6. The molecule has 1 saturated carbocycles. The molecule has 10 rings (SSSR count). The van der Waals surface area contributed by atoms with Gasteiger partial charge in [0.25, 0.3) is 15.9 Å². The first-order valence-electron chi connectivity index (χ1n) is 25.1. The van der Waals surface area contributed by atoms with Crippen LogP contribution in [-0.2, 0) is 19.6 Å². The predicted octanol–water partition coefficient (Wildman–Crippen LogP) is 7.53. The van der Waals surface area contributed by atoms with Gasteiger partial charge in [0, 0.05) is 87.9 Å². The topological polar surface area (TPSA) is 206 Å². The number of benzene rings is 2. The Hall–Kier alpha value is -6.22. The molecule has 1 atom stereocenters. The van der Waals surface area contributed by atoms with E-state index in [1.165, 1.54) is 36.4 Å². The van der Waals surface area contributed by atoms with Crippen LogP contribution in [0.2, 0.25) is 0 Å². The number of morpholine rings is 1. The number of sulfonamides is 1. The summed E-state index contributed by atoms with van der Waals surface area (Å²) in [5, 5.41) is 13.0. The highest BCUT2D eigenvalue weighted by Gasteiger charge is 2.50. The number of rotatable bonds is 15. The summed E-state index contributed by atoms with van der Waals surface area (Å²) in [6, 6.07) is 18.0. The molecular weight excluding hydrogens is 946 g/mol. The maximum absolute atomic E-state index is 16.0. The van der Waals surface area contributed by atoms with E-state index in [0.717, 1.165) is 68.9 Å². The largest absolute Gasteiger partial charge is 0.483 e. The number of piperidine rings is 2. The highest BCUT2D eigenvalue weighted by atomic mass is 32.2. The molecule has 382 valence electrons. The molecule has 72 heavy (non-hydrogen) atoms. The van der Waals surface area contributed by atoms with Gasteiger partial charge in [0.1, 0.15) is 23.7 Å². The third-order valence-corrected chi connectivity index (χ3v) is 16.9. The molecule has 5 aliphatic rings. The summed E-state index contributed by atoms with van der Waals surface area (Å²) in [5.74, 6) is -0.829. The Balaban J connectivity index is 0.801. The first-order chi connectivity index (χ1) is 34.6. The molecule has 20 heteroatoms. The summed E-state index contributed by atoms with van der Waals surface area (Å²) in [6.45, 7) is 9.57. The Kier molecular flexibility index (Phi) is 14.0. The van der Waals surface area contributed by atoms with Gasteiger partial charge in [-0.05, 0) is 91.8 Å². The van der Waals surface area contributed by atoms with E-state index < -0.39 is 43.7 Å². The molecule has 4 saturated heterocycles. The van der Waals surface area contributed by atoms with Crippen LogP contribution in [0.4, 0.5) is 15.8 Å². The molecular formula is C52H62FN9O9S. The second-order valence-corrected chi connectivity index (χ2v) is 22.2. The lowest BCUT2D eigenvalue weighted by Crippen LogP contribution is -2.55. The normalized spacial score (nSPS) is 20.7. The summed E-state index contributed by atoms with van der Waals surface area (Å²) < 4.78 is 62.9. The number of likely N-dealkylation sites (tertiary alicyclic amines) is 2. The molecule has 3 aromatic heterocycles. The van der Waals surface area contributed by atoms with E-state index >= 15 is 4.39 Å². The van der Waals surface area contributed by atoms with Crippen molar-refractivity contribution >= 4 is 44.2 Å². The van der Waals surface area contributed by atoms with Crippen molar-refractivity contribution in [2.75, 3.05) is 77.1 Å². The molecule has 5 fully saturated rings. The number of fused-ring (bicyclic) bond motifs is 1. The summed E-state index contributed by atoms with van der Waals surface area (Å²) in [7, 11) is -4.75. The number of nitro benzene ring substituents is 1. The number of amides is 2. The quantitative estimate of drug-likeness (QED) is 0.0769. The lowest BCUT2D eigenvalue weighted by atomic mass is 9.59. The van der Waals surface area contributed by atoms with Crippen molar-refractivity contribution in [3.8, 4) is 17.2 Å². The number of H-pyrrole nitrogens is 1. The van der Waals surface area contributed by atoms with Crippen molar-refractivity contribution in [1.82, 2.24) is 34.4 Å². The SMILES string of the molecule is CC(C)c1ccccc1C1CCCN1C1CC2(CCN(c3cnc(C(=O)NS(=O)(=O)c4ccc(OCC5(F)CCN(C(=O)CN6CCOCC6)CC5)c([N+](=O)[O-])c4)c(Oc4cnc5[nH]ccc5c4)c3)CC2)C1. The minimum Gasteiger partial charge on any atom is -0.483 e. The molecule has 1 unspecified atom stereocenters. The van der Waals surface area contributed by atoms with Crippen LogP contribution >= 0.6 is 0 Å². The zero-order chi connectivity index (χ0) is 50.2. The molecule has 5 aromatic rings. The van der Waals surface area contributed by atoms with Crippen LogP contribution in [0.5, 0.6) is 17.2 Å². The number of nitro groups is 1. The number of ether oxygens (including phenoxy) is 3. The number of pyridine rings is 2. The summed E-state index contributed by atoms with van der Waals surface area (Å²) in [6.07, 6.45) is 11.4. The van der Waals surface area contributed by atoms with Crippen molar-refractivity contribution < 1.29 is 41.5 Å². The minimum absolute atomic E-state index is 0.00943. The zero-order valence-corrected chi connectivity index (χ0v) is 41.6. The van der Waals surface area contributed by atoms with Gasteiger partial charge in [0.15, 0.2) is 17.2 Å². The van der Waals surface area contributed by atoms with Gasteiger partial charge in [0.05, 0.1) is 47.7 Å². The lowest BCUT2D eigenvalue weighted by molar-refractivity contribution is -0.386. The van der Waals surface area contributed by atoms with Crippen molar-refractivity contribution in [2.24, 2.45) is 5.41 Å². The zero-order valence-electron chi connectivity index (χ0n) is 40.8. The number of alkyl halides is 1. The second-order valence-electron chi connectivity index (χ2n) is 20.5. The van der Waals surface area contributed by atoms with Gasteiger partial charge in [-0.25, -0.2) is 27.5 Å². The smallest absolute Gasteiger partial charge is 0.312 e. The van der Waals surface area contributed by atoms with Gasteiger partial charge in [0.2, 0.25) is 5.91 Å². The van der Waals surface area contributed by atoms with Crippen molar-refractivity contribution in [3.05, 3.63) is 106 Å². The van der Waals surface area contributed by atoms with Crippen LogP contribution in [-0.4, -0.2) is 139 Å². The second kappa shape index (κ2) is 20.4. The standard InChI is InChI=1S/C52H62FN9O9S/c1-35(2)41-6-3-4-7-42(41)43-8-5-17-61(43)38-29-51(30-38)12-18-59(19-13-51)37-27-46(71-39-26-36-11-16-54-49(36)56-32-39)48(55-31-37)50(64)57-72(67,68)40-9-10-45(44(28-40)62(65)66)70-34-52(53)14-20-60(21-15-52)47(63)33-58-22-24-69-25-23-58/h3-4,6-7,9-11,16,26-28,31-32,35,38,43H,5,8,12-15,17-25,29-30,33-34H2,1-2H3,(H,54,56)(H,57,64). The van der Waals surface area contributed by atoms with Gasteiger partial charge in [-0.3, -0.25) is 29.5 Å². The van der Waals surface area contributed by atoms with E-state index in [4.69, 9.17) is 14.2 Å². The molecule has 2 aromatic carbocycles. The molecule has 1 spiro atoms. The lowest BCUT2D eigenvalue weighted by Gasteiger charge is -2.56. The Morgan fingerprint density at radius 2 is 1.71 bits per heavy atom. The van der Waals surface area contributed by atoms with Crippen molar-refractivity contribution in [3.63, 3.8) is 0 Å². The molecule has 2 N–H and O–H groups in total. The van der Waals surface area contributed by atoms with Gasteiger partial charge >= 0.3 is 5.69 Å². The fourth-order valence-corrected chi connectivity index (χ4v) is 12.4. The van der Waals surface area contributed by atoms with Crippen LogP contribution in [0, 0.1) is 15.5 Å². The fraction of sp³-hybridized carbons (Fsp3) is 0.500. The van der Waals surface area contributed by atoms with E-state index in [2.05, 4.69) is 62.9 Å². The van der Waals surface area contributed by atoms with Gasteiger partial charge in [-0.15, -0.1) is 0 Å². The maximum Gasteiger partial charge on any atom is 0.312 e. The highest BCUT2D eigenvalue weighted by Crippen LogP contribution is 2.54. The summed E-state index contributed by atoms with van der Waals surface area (Å²) in [5.41, 5.74) is 1.55. The number of aromatic nitrogens is 3. The molecule has 2 amide bonds. The van der Waals surface area contributed by atoms with Crippen molar-refractivity contribution in [2.45, 2.75) is 93.8 Å². The molecule has 4 aliphatic heterocycles. The number of anilines is 1. The monoisotopic (exact) mass is 1010 g/mol. The molecule has 18 nitrogen and oxygen atoms in total. The Bertz CT molecular complexity index is 2920. The van der Waals surface area contributed by atoms with Crippen molar-refractivity contribution in [1.29, 1.82) is 0 Å². The van der Waals surface area contributed by atoms with E-state index in [9.17, 15) is 28.1 Å². The number of aromatic amines is 1. The average Bonchev–Trinajstić information content (AvgIpc) is 4.06. The average molecular weight is 1010 g/mol. The van der Waals surface area contributed by atoms with E-state index in [1.807, 2.05) is 15.7 Å². The van der Waals surface area contributed by atoms with E-state index in [0.29, 0.717) is 55.6 Å². The summed E-state index contributed by atoms with van der Waals surface area (Å²) >= 11 is 0. The number of hydrogen-bond donors (Lipinski definition) is 2. The molecule has 0 radical (unpaired) electrons. The van der Waals surface area contributed by atoms with Crippen LogP contribution in [0.1, 0.15) is 98.8 Å². The number of hydrogen-bond acceptors (Lipinski definition) is 14. The number of halogens is 1. The number of nitrogens with one attached hydrogen (secondary N) is 2. The molecule has 0 bridgehead atoms. The van der Waals surface area contributed by atoms with Crippen LogP contribution in [0.25, 0.3) is 11.0 Å². The molecule has 7 heterocycles. The Morgan fingerprint density at radius 3 is 2.46 bits per heavy atom. The van der Waals surface area contributed by atoms with Gasteiger partial charge in [-0.1, -0.05) is 38.1 Å². The van der Waals surface area contributed by atoms with Crippen LogP contribution in [0.15, 0.2) is 84.1 Å².